The second kappa shape index (κ2) is 7.41. The summed E-state index contributed by atoms with van der Waals surface area (Å²) in [4.78, 5) is 2.18. The molecule has 3 heteroatoms. The van der Waals surface area contributed by atoms with Crippen LogP contribution in [0.3, 0.4) is 0 Å². The molecule has 0 spiro atoms. The Morgan fingerprint density at radius 3 is 2.76 bits per heavy atom. The third-order valence-corrected chi connectivity index (χ3v) is 2.71. The van der Waals surface area contributed by atoms with Gasteiger partial charge in [-0.3, -0.25) is 0 Å². The molecule has 0 aromatic heterocycles. The molecule has 1 N–H and O–H groups in total. The van der Waals surface area contributed by atoms with Gasteiger partial charge in [-0.05, 0) is 64.6 Å². The van der Waals surface area contributed by atoms with Gasteiger partial charge in [-0.25, -0.2) is 4.39 Å². The van der Waals surface area contributed by atoms with Gasteiger partial charge >= 0.3 is 0 Å². The van der Waals surface area contributed by atoms with Crippen LogP contribution in [0.25, 0.3) is 0 Å². The van der Waals surface area contributed by atoms with Gasteiger partial charge in [-0.1, -0.05) is 12.1 Å². The minimum absolute atomic E-state index is 0.151. The van der Waals surface area contributed by atoms with Crippen LogP contribution >= 0.6 is 0 Å². The summed E-state index contributed by atoms with van der Waals surface area (Å²) in [7, 11) is 4.16. The van der Waals surface area contributed by atoms with E-state index in [0.717, 1.165) is 31.5 Å². The van der Waals surface area contributed by atoms with Gasteiger partial charge in [0.25, 0.3) is 0 Å². The number of hydrogen-bond acceptors (Lipinski definition) is 2. The summed E-state index contributed by atoms with van der Waals surface area (Å²) in [6.07, 6.45) is 2.01. The Morgan fingerprint density at radius 2 is 2.12 bits per heavy atom. The van der Waals surface area contributed by atoms with Gasteiger partial charge in [0, 0.05) is 6.04 Å². The quantitative estimate of drug-likeness (QED) is 0.733. The van der Waals surface area contributed by atoms with E-state index in [4.69, 9.17) is 0 Å². The zero-order chi connectivity index (χ0) is 12.7. The summed E-state index contributed by atoms with van der Waals surface area (Å²) in [5.41, 5.74) is 1.05. The van der Waals surface area contributed by atoms with Crippen molar-refractivity contribution in [3.63, 3.8) is 0 Å². The highest BCUT2D eigenvalue weighted by Gasteiger charge is 2.03. The maximum atomic E-state index is 13.0. The predicted octanol–water partition coefficient (Wildman–Crippen LogP) is 2.30. The van der Waals surface area contributed by atoms with Crippen molar-refractivity contribution < 1.29 is 4.39 Å². The molecule has 0 bridgehead atoms. The molecule has 1 aromatic carbocycles. The van der Waals surface area contributed by atoms with Crippen molar-refractivity contribution in [1.29, 1.82) is 0 Å². The Hall–Kier alpha value is -0.930. The molecule has 0 aliphatic heterocycles. The molecule has 0 aliphatic rings. The highest BCUT2D eigenvalue weighted by atomic mass is 19.1. The Morgan fingerprint density at radius 1 is 1.35 bits per heavy atom. The van der Waals surface area contributed by atoms with E-state index in [1.807, 2.05) is 6.07 Å². The lowest BCUT2D eigenvalue weighted by Crippen LogP contribution is -2.30. The van der Waals surface area contributed by atoms with Crippen LogP contribution in [0.2, 0.25) is 0 Å². The number of nitrogens with one attached hydrogen (secondary N) is 1. The fourth-order valence-electron chi connectivity index (χ4n) is 1.83. The fraction of sp³-hybridized carbons (Fsp3) is 0.571. The minimum Gasteiger partial charge on any atom is -0.314 e. The molecule has 1 rings (SSSR count). The number of halogens is 1. The maximum Gasteiger partial charge on any atom is 0.123 e. The van der Waals surface area contributed by atoms with Crippen LogP contribution in [0.15, 0.2) is 24.3 Å². The second-order valence-corrected chi connectivity index (χ2v) is 4.85. The lowest BCUT2D eigenvalue weighted by atomic mass is 10.1. The van der Waals surface area contributed by atoms with Crippen molar-refractivity contribution in [1.82, 2.24) is 10.2 Å². The van der Waals surface area contributed by atoms with E-state index < -0.39 is 0 Å². The topological polar surface area (TPSA) is 15.3 Å². The summed E-state index contributed by atoms with van der Waals surface area (Å²) in [6, 6.07) is 7.22. The molecule has 96 valence electrons. The third kappa shape index (κ3) is 6.39. The van der Waals surface area contributed by atoms with Crippen LogP contribution in [0, 0.1) is 5.82 Å². The van der Waals surface area contributed by atoms with Crippen LogP contribution < -0.4 is 5.32 Å². The van der Waals surface area contributed by atoms with Gasteiger partial charge in [-0.15, -0.1) is 0 Å². The van der Waals surface area contributed by atoms with Crippen molar-refractivity contribution >= 4 is 0 Å². The smallest absolute Gasteiger partial charge is 0.123 e. The standard InChI is InChI=1S/C14H23FN2/c1-12(16-8-5-9-17(2)3)10-13-6-4-7-14(15)11-13/h4,6-7,11-12,16H,5,8-10H2,1-3H3. The van der Waals surface area contributed by atoms with Gasteiger partial charge in [0.05, 0.1) is 0 Å². The van der Waals surface area contributed by atoms with Gasteiger partial charge in [0.2, 0.25) is 0 Å². The van der Waals surface area contributed by atoms with E-state index in [9.17, 15) is 4.39 Å². The van der Waals surface area contributed by atoms with Crippen LogP contribution in [0.1, 0.15) is 18.9 Å². The van der Waals surface area contributed by atoms with Gasteiger partial charge in [0.15, 0.2) is 0 Å². The molecule has 1 aromatic rings. The average molecular weight is 238 g/mol. The van der Waals surface area contributed by atoms with Crippen molar-refractivity contribution in [3.8, 4) is 0 Å². The average Bonchev–Trinajstić information content (AvgIpc) is 2.24. The summed E-state index contributed by atoms with van der Waals surface area (Å²) < 4.78 is 13.0. The predicted molar refractivity (Wildman–Crippen MR) is 70.7 cm³/mol. The lowest BCUT2D eigenvalue weighted by molar-refractivity contribution is 0.388. The molecule has 0 fully saturated rings. The maximum absolute atomic E-state index is 13.0. The zero-order valence-electron chi connectivity index (χ0n) is 11.0. The molecule has 1 atom stereocenters. The Bertz CT molecular complexity index is 326. The van der Waals surface area contributed by atoms with Crippen molar-refractivity contribution in [2.45, 2.75) is 25.8 Å². The van der Waals surface area contributed by atoms with E-state index in [1.54, 1.807) is 12.1 Å². The number of hydrogen-bond donors (Lipinski definition) is 1. The van der Waals surface area contributed by atoms with Gasteiger partial charge in [0.1, 0.15) is 5.82 Å². The molecule has 0 saturated carbocycles. The van der Waals surface area contributed by atoms with Crippen molar-refractivity contribution in [2.24, 2.45) is 0 Å². The van der Waals surface area contributed by atoms with E-state index in [-0.39, 0.29) is 5.82 Å². The largest absolute Gasteiger partial charge is 0.314 e. The molecule has 0 heterocycles. The second-order valence-electron chi connectivity index (χ2n) is 4.85. The first-order valence-electron chi connectivity index (χ1n) is 6.20. The number of rotatable bonds is 7. The van der Waals surface area contributed by atoms with Gasteiger partial charge < -0.3 is 10.2 Å². The first-order chi connectivity index (χ1) is 8.08. The number of benzene rings is 1. The summed E-state index contributed by atoms with van der Waals surface area (Å²) in [5.74, 6) is -0.151. The first-order valence-corrected chi connectivity index (χ1v) is 6.20. The Labute approximate surface area is 104 Å². The molecule has 1 unspecified atom stereocenters. The molecular formula is C14H23FN2. The molecule has 2 nitrogen and oxygen atoms in total. The molecule has 0 amide bonds. The number of nitrogens with zero attached hydrogens (tertiary/aromatic N) is 1. The van der Waals surface area contributed by atoms with Crippen molar-refractivity contribution in [3.05, 3.63) is 35.6 Å². The highest BCUT2D eigenvalue weighted by molar-refractivity contribution is 5.17. The van der Waals surface area contributed by atoms with E-state index in [0.29, 0.717) is 6.04 Å². The van der Waals surface area contributed by atoms with Crippen LogP contribution in [-0.2, 0) is 6.42 Å². The summed E-state index contributed by atoms with van der Waals surface area (Å²) in [6.45, 7) is 4.24. The van der Waals surface area contributed by atoms with E-state index >= 15 is 0 Å². The first kappa shape index (κ1) is 14.1. The monoisotopic (exact) mass is 238 g/mol. The lowest BCUT2D eigenvalue weighted by Gasteiger charge is -2.15. The SMILES string of the molecule is CC(Cc1cccc(F)c1)NCCCN(C)C. The minimum atomic E-state index is -0.151. The normalized spacial score (nSPS) is 13.0. The molecule has 0 radical (unpaired) electrons. The summed E-state index contributed by atoms with van der Waals surface area (Å²) >= 11 is 0. The fourth-order valence-corrected chi connectivity index (χ4v) is 1.83. The van der Waals surface area contributed by atoms with Gasteiger partial charge in [-0.2, -0.15) is 0 Å². The van der Waals surface area contributed by atoms with E-state index in [1.165, 1.54) is 6.07 Å². The third-order valence-electron chi connectivity index (χ3n) is 2.71. The Balaban J connectivity index is 2.23. The molecule has 0 saturated heterocycles. The molecule has 0 aliphatic carbocycles. The van der Waals surface area contributed by atoms with Crippen LogP contribution in [0.4, 0.5) is 4.39 Å². The summed E-state index contributed by atoms with van der Waals surface area (Å²) in [5, 5.41) is 3.46. The van der Waals surface area contributed by atoms with Crippen LogP contribution in [-0.4, -0.2) is 38.1 Å². The van der Waals surface area contributed by atoms with Crippen molar-refractivity contribution in [2.75, 3.05) is 27.2 Å². The Kier molecular flexibility index (Phi) is 6.16. The zero-order valence-corrected chi connectivity index (χ0v) is 11.0. The van der Waals surface area contributed by atoms with E-state index in [2.05, 4.69) is 31.2 Å². The molecular weight excluding hydrogens is 215 g/mol. The molecule has 17 heavy (non-hydrogen) atoms. The van der Waals surface area contributed by atoms with Crippen LogP contribution in [0.5, 0.6) is 0 Å². The highest BCUT2D eigenvalue weighted by Crippen LogP contribution is 2.06.